The van der Waals surface area contributed by atoms with Gasteiger partial charge in [0.2, 0.25) is 0 Å². The summed E-state index contributed by atoms with van der Waals surface area (Å²) in [6, 6.07) is 21.4. The number of carbonyl (C=O) groups excluding carboxylic acids is 1. The van der Waals surface area contributed by atoms with Crippen molar-refractivity contribution < 1.29 is 4.79 Å². The standard InChI is InChI=1S/C18H19NO/c20-17-11-13-19(14-12-17)18(15-7-3-1-4-8-15)16-9-5-2-6-10-16/h1-10,18H,11-14H2. The zero-order valence-corrected chi connectivity index (χ0v) is 11.5. The molecule has 0 bridgehead atoms. The van der Waals surface area contributed by atoms with Crippen LogP contribution in [0.15, 0.2) is 60.7 Å². The van der Waals surface area contributed by atoms with Crippen LogP contribution in [0.5, 0.6) is 0 Å². The summed E-state index contributed by atoms with van der Waals surface area (Å²) in [7, 11) is 0. The van der Waals surface area contributed by atoms with Crippen molar-refractivity contribution in [3.05, 3.63) is 71.8 Å². The first-order valence-electron chi connectivity index (χ1n) is 7.20. The number of piperidine rings is 1. The number of carbonyl (C=O) groups is 1. The predicted molar refractivity (Wildman–Crippen MR) is 80.5 cm³/mol. The summed E-state index contributed by atoms with van der Waals surface area (Å²) in [4.78, 5) is 13.9. The molecule has 0 spiro atoms. The van der Waals surface area contributed by atoms with Gasteiger partial charge < -0.3 is 0 Å². The number of hydrogen-bond acceptors (Lipinski definition) is 2. The Morgan fingerprint density at radius 3 is 1.65 bits per heavy atom. The third-order valence-electron chi connectivity index (χ3n) is 3.95. The maximum absolute atomic E-state index is 11.5. The Labute approximate surface area is 120 Å². The third kappa shape index (κ3) is 2.81. The molecule has 20 heavy (non-hydrogen) atoms. The van der Waals surface area contributed by atoms with Gasteiger partial charge in [0.1, 0.15) is 5.78 Å². The molecule has 1 fully saturated rings. The zero-order chi connectivity index (χ0) is 13.8. The van der Waals surface area contributed by atoms with Crippen LogP contribution in [0.25, 0.3) is 0 Å². The van der Waals surface area contributed by atoms with Crippen LogP contribution in [0.1, 0.15) is 30.0 Å². The highest BCUT2D eigenvalue weighted by Gasteiger charge is 2.25. The van der Waals surface area contributed by atoms with Gasteiger partial charge in [-0.2, -0.15) is 0 Å². The molecule has 0 saturated carbocycles. The van der Waals surface area contributed by atoms with Crippen LogP contribution < -0.4 is 0 Å². The van der Waals surface area contributed by atoms with Crippen LogP contribution in [-0.2, 0) is 4.79 Å². The average molecular weight is 265 g/mol. The second-order valence-electron chi connectivity index (χ2n) is 5.30. The first kappa shape index (κ1) is 13.1. The van der Waals surface area contributed by atoms with Gasteiger partial charge in [-0.25, -0.2) is 0 Å². The molecule has 102 valence electrons. The van der Waals surface area contributed by atoms with E-state index in [2.05, 4.69) is 53.4 Å². The van der Waals surface area contributed by atoms with Crippen molar-refractivity contribution in [1.29, 1.82) is 0 Å². The lowest BCUT2D eigenvalue weighted by Crippen LogP contribution is -2.37. The highest BCUT2D eigenvalue weighted by atomic mass is 16.1. The molecule has 0 unspecified atom stereocenters. The van der Waals surface area contributed by atoms with Gasteiger partial charge in [0, 0.05) is 25.9 Å². The molecule has 1 saturated heterocycles. The summed E-state index contributed by atoms with van der Waals surface area (Å²) >= 11 is 0. The fourth-order valence-corrected chi connectivity index (χ4v) is 2.92. The number of rotatable bonds is 3. The van der Waals surface area contributed by atoms with Crippen molar-refractivity contribution in [2.24, 2.45) is 0 Å². The topological polar surface area (TPSA) is 20.3 Å². The fourth-order valence-electron chi connectivity index (χ4n) is 2.92. The summed E-state index contributed by atoms with van der Waals surface area (Å²) in [5.41, 5.74) is 2.60. The second kappa shape index (κ2) is 6.02. The van der Waals surface area contributed by atoms with E-state index in [0.29, 0.717) is 18.6 Å². The van der Waals surface area contributed by atoms with Gasteiger partial charge in [0.15, 0.2) is 0 Å². The largest absolute Gasteiger partial charge is 0.300 e. The maximum Gasteiger partial charge on any atom is 0.135 e. The number of ketones is 1. The Balaban J connectivity index is 1.94. The van der Waals surface area contributed by atoms with Gasteiger partial charge in [-0.1, -0.05) is 60.7 Å². The lowest BCUT2D eigenvalue weighted by molar-refractivity contribution is -0.121. The van der Waals surface area contributed by atoms with E-state index in [-0.39, 0.29) is 6.04 Å². The molecule has 3 rings (SSSR count). The van der Waals surface area contributed by atoms with Gasteiger partial charge >= 0.3 is 0 Å². The summed E-state index contributed by atoms with van der Waals surface area (Å²) < 4.78 is 0. The lowest BCUT2D eigenvalue weighted by Gasteiger charge is -2.34. The van der Waals surface area contributed by atoms with E-state index in [4.69, 9.17) is 0 Å². The monoisotopic (exact) mass is 265 g/mol. The summed E-state index contributed by atoms with van der Waals surface area (Å²) in [6.07, 6.45) is 1.35. The summed E-state index contributed by atoms with van der Waals surface area (Å²) in [6.45, 7) is 1.71. The van der Waals surface area contributed by atoms with E-state index in [1.165, 1.54) is 11.1 Å². The van der Waals surface area contributed by atoms with Gasteiger partial charge in [-0.15, -0.1) is 0 Å². The van der Waals surface area contributed by atoms with E-state index in [0.717, 1.165) is 13.1 Å². The maximum atomic E-state index is 11.5. The molecule has 0 radical (unpaired) electrons. The minimum absolute atomic E-state index is 0.255. The van der Waals surface area contributed by atoms with Crippen LogP contribution in [0.2, 0.25) is 0 Å². The highest BCUT2D eigenvalue weighted by Crippen LogP contribution is 2.30. The molecule has 2 nitrogen and oxygen atoms in total. The van der Waals surface area contributed by atoms with Crippen LogP contribution in [-0.4, -0.2) is 23.8 Å². The smallest absolute Gasteiger partial charge is 0.135 e. The molecule has 1 aliphatic rings. The van der Waals surface area contributed by atoms with E-state index in [9.17, 15) is 4.79 Å². The van der Waals surface area contributed by atoms with E-state index < -0.39 is 0 Å². The molecule has 2 heteroatoms. The number of nitrogens with zero attached hydrogens (tertiary/aromatic N) is 1. The van der Waals surface area contributed by atoms with Crippen molar-refractivity contribution in [2.45, 2.75) is 18.9 Å². The quantitative estimate of drug-likeness (QED) is 0.847. The van der Waals surface area contributed by atoms with Crippen LogP contribution in [0.3, 0.4) is 0 Å². The number of benzene rings is 2. The van der Waals surface area contributed by atoms with Gasteiger partial charge in [-0.3, -0.25) is 9.69 Å². The molecule has 0 aromatic heterocycles. The van der Waals surface area contributed by atoms with Crippen molar-refractivity contribution in [2.75, 3.05) is 13.1 Å². The van der Waals surface area contributed by atoms with Crippen molar-refractivity contribution in [3.63, 3.8) is 0 Å². The molecular formula is C18H19NO. The van der Waals surface area contributed by atoms with Gasteiger partial charge in [0.05, 0.1) is 6.04 Å². The van der Waals surface area contributed by atoms with Crippen molar-refractivity contribution in [1.82, 2.24) is 4.90 Å². The molecular weight excluding hydrogens is 246 g/mol. The lowest BCUT2D eigenvalue weighted by atomic mass is 9.95. The van der Waals surface area contributed by atoms with Crippen molar-refractivity contribution >= 4 is 5.78 Å². The number of Topliss-reactive ketones (excluding diaryl/α,β-unsaturated/α-hetero) is 1. The Kier molecular flexibility index (Phi) is 3.93. The van der Waals surface area contributed by atoms with Gasteiger partial charge in [0.25, 0.3) is 0 Å². The number of likely N-dealkylation sites (tertiary alicyclic amines) is 1. The molecule has 0 amide bonds. The molecule has 2 aromatic rings. The average Bonchev–Trinajstić information content (AvgIpc) is 2.52. The second-order valence-corrected chi connectivity index (χ2v) is 5.30. The normalized spacial score (nSPS) is 16.6. The van der Waals surface area contributed by atoms with E-state index >= 15 is 0 Å². The third-order valence-corrected chi connectivity index (χ3v) is 3.95. The minimum atomic E-state index is 0.255. The van der Waals surface area contributed by atoms with E-state index in [1.807, 2.05) is 12.1 Å². The fraction of sp³-hybridized carbons (Fsp3) is 0.278. The van der Waals surface area contributed by atoms with Crippen molar-refractivity contribution in [3.8, 4) is 0 Å². The first-order chi connectivity index (χ1) is 9.84. The summed E-state index contributed by atoms with van der Waals surface area (Å²) in [5, 5.41) is 0. The predicted octanol–water partition coefficient (Wildman–Crippen LogP) is 3.44. The van der Waals surface area contributed by atoms with Gasteiger partial charge in [-0.05, 0) is 11.1 Å². The van der Waals surface area contributed by atoms with Crippen LogP contribution >= 0.6 is 0 Å². The zero-order valence-electron chi connectivity index (χ0n) is 11.5. The molecule has 1 aliphatic heterocycles. The minimum Gasteiger partial charge on any atom is -0.300 e. The Hall–Kier alpha value is -1.93. The first-order valence-corrected chi connectivity index (χ1v) is 7.20. The number of hydrogen-bond donors (Lipinski definition) is 0. The molecule has 1 heterocycles. The molecule has 0 atom stereocenters. The summed E-state index contributed by atoms with van der Waals surface area (Å²) in [5.74, 6) is 0.390. The van der Waals surface area contributed by atoms with E-state index in [1.54, 1.807) is 0 Å². The Morgan fingerprint density at radius 2 is 1.20 bits per heavy atom. The Morgan fingerprint density at radius 1 is 0.750 bits per heavy atom. The van der Waals surface area contributed by atoms with Crippen LogP contribution in [0.4, 0.5) is 0 Å². The SMILES string of the molecule is O=C1CCN(C(c2ccccc2)c2ccccc2)CC1. The Bertz CT molecular complexity index is 515. The molecule has 2 aromatic carbocycles. The van der Waals surface area contributed by atoms with Crippen LogP contribution in [0, 0.1) is 0 Å². The molecule has 0 N–H and O–H groups in total. The molecule has 0 aliphatic carbocycles. The highest BCUT2D eigenvalue weighted by molar-refractivity contribution is 5.79.